The number of hydrogen-bond acceptors (Lipinski definition) is 5. The highest BCUT2D eigenvalue weighted by Crippen LogP contribution is 2.37. The van der Waals surface area contributed by atoms with E-state index in [1.165, 1.54) is 10.5 Å². The van der Waals surface area contributed by atoms with E-state index in [1.54, 1.807) is 12.2 Å². The molecule has 0 spiro atoms. The standard InChI is InChI=1S/C26H29NO4S/c1-4-11-21-16-20(17-22(30-5-2)24(21)31-6-3)18-23-25(28)27(26(29)32-23)15-10-14-19-12-8-7-9-13-19/h4,7-9,12-13,16-18H,1,5-6,10-11,14-15H2,2-3H3/b23-18+. The van der Waals surface area contributed by atoms with Crippen molar-refractivity contribution in [2.75, 3.05) is 19.8 Å². The average molecular weight is 452 g/mol. The molecule has 1 fully saturated rings. The number of hydrogen-bond donors (Lipinski definition) is 0. The fourth-order valence-corrected chi connectivity index (χ4v) is 4.44. The maximum Gasteiger partial charge on any atom is 0.293 e. The van der Waals surface area contributed by atoms with Gasteiger partial charge in [-0.1, -0.05) is 36.4 Å². The molecule has 0 bridgehead atoms. The molecule has 1 aliphatic heterocycles. The summed E-state index contributed by atoms with van der Waals surface area (Å²) in [6.07, 6.45) is 5.72. The third kappa shape index (κ3) is 5.82. The number of nitrogens with zero attached hydrogens (tertiary/aromatic N) is 1. The lowest BCUT2D eigenvalue weighted by atomic mass is 10.0. The lowest BCUT2D eigenvalue weighted by Crippen LogP contribution is -2.29. The minimum absolute atomic E-state index is 0.225. The summed E-state index contributed by atoms with van der Waals surface area (Å²) >= 11 is 0.982. The molecule has 0 atom stereocenters. The van der Waals surface area contributed by atoms with Gasteiger partial charge in [-0.15, -0.1) is 6.58 Å². The van der Waals surface area contributed by atoms with E-state index in [0.717, 1.165) is 35.7 Å². The summed E-state index contributed by atoms with van der Waals surface area (Å²) in [6, 6.07) is 13.9. The average Bonchev–Trinajstić information content (AvgIpc) is 3.04. The van der Waals surface area contributed by atoms with Crippen LogP contribution < -0.4 is 9.47 Å². The second-order valence-corrected chi connectivity index (χ2v) is 8.28. The minimum Gasteiger partial charge on any atom is -0.490 e. The van der Waals surface area contributed by atoms with Crippen molar-refractivity contribution in [2.45, 2.75) is 33.1 Å². The van der Waals surface area contributed by atoms with Crippen molar-refractivity contribution in [3.8, 4) is 11.5 Å². The van der Waals surface area contributed by atoms with Crippen LogP contribution in [0, 0.1) is 0 Å². The number of rotatable bonds is 11. The van der Waals surface area contributed by atoms with E-state index >= 15 is 0 Å². The normalized spacial score (nSPS) is 14.8. The quantitative estimate of drug-likeness (QED) is 0.315. The van der Waals surface area contributed by atoms with Gasteiger partial charge < -0.3 is 9.47 Å². The molecule has 0 aromatic heterocycles. The molecule has 0 aliphatic carbocycles. The number of aryl methyl sites for hydroxylation is 1. The molecule has 0 N–H and O–H groups in total. The molecule has 0 saturated carbocycles. The van der Waals surface area contributed by atoms with Crippen LogP contribution in [-0.4, -0.2) is 35.8 Å². The number of amides is 2. The maximum atomic E-state index is 12.9. The molecule has 0 radical (unpaired) electrons. The summed E-state index contributed by atoms with van der Waals surface area (Å²) in [5.41, 5.74) is 2.92. The van der Waals surface area contributed by atoms with Gasteiger partial charge in [0.1, 0.15) is 0 Å². The van der Waals surface area contributed by atoms with Crippen molar-refractivity contribution < 1.29 is 19.1 Å². The summed E-state index contributed by atoms with van der Waals surface area (Å²) in [5.74, 6) is 1.08. The first-order valence-electron chi connectivity index (χ1n) is 10.9. The van der Waals surface area contributed by atoms with Crippen molar-refractivity contribution in [3.63, 3.8) is 0 Å². The fourth-order valence-electron chi connectivity index (χ4n) is 3.58. The van der Waals surface area contributed by atoms with E-state index in [9.17, 15) is 9.59 Å². The van der Waals surface area contributed by atoms with E-state index in [0.29, 0.717) is 42.6 Å². The Morgan fingerprint density at radius 2 is 1.81 bits per heavy atom. The summed E-state index contributed by atoms with van der Waals surface area (Å²) in [7, 11) is 0. The van der Waals surface area contributed by atoms with Crippen LogP contribution in [0.25, 0.3) is 6.08 Å². The Bertz CT molecular complexity index is 1000. The van der Waals surface area contributed by atoms with Gasteiger partial charge in [-0.25, -0.2) is 0 Å². The molecule has 2 amide bonds. The van der Waals surface area contributed by atoms with Crippen molar-refractivity contribution in [1.29, 1.82) is 0 Å². The highest BCUT2D eigenvalue weighted by molar-refractivity contribution is 8.18. The lowest BCUT2D eigenvalue weighted by molar-refractivity contribution is -0.122. The van der Waals surface area contributed by atoms with Gasteiger partial charge in [0.05, 0.1) is 18.1 Å². The zero-order valence-corrected chi connectivity index (χ0v) is 19.5. The van der Waals surface area contributed by atoms with Crippen LogP contribution in [0.1, 0.15) is 37.0 Å². The third-order valence-electron chi connectivity index (χ3n) is 4.97. The summed E-state index contributed by atoms with van der Waals surface area (Å²) < 4.78 is 11.6. The van der Waals surface area contributed by atoms with Crippen LogP contribution in [0.15, 0.2) is 60.0 Å². The van der Waals surface area contributed by atoms with Crippen LogP contribution >= 0.6 is 11.8 Å². The molecule has 3 rings (SSSR count). The first-order chi connectivity index (χ1) is 15.6. The van der Waals surface area contributed by atoms with E-state index in [-0.39, 0.29) is 11.1 Å². The SMILES string of the molecule is C=CCc1cc(/C=C2/SC(=O)N(CCCc3ccccc3)C2=O)cc(OCC)c1OCC. The molecule has 6 heteroatoms. The smallest absolute Gasteiger partial charge is 0.293 e. The number of thioether (sulfide) groups is 1. The second-order valence-electron chi connectivity index (χ2n) is 7.29. The van der Waals surface area contributed by atoms with Crippen molar-refractivity contribution in [2.24, 2.45) is 0 Å². The molecule has 5 nitrogen and oxygen atoms in total. The number of allylic oxidation sites excluding steroid dienone is 1. The number of carbonyl (C=O) groups is 2. The van der Waals surface area contributed by atoms with Gasteiger partial charge in [-0.05, 0) is 74.2 Å². The maximum absolute atomic E-state index is 12.9. The van der Waals surface area contributed by atoms with Gasteiger partial charge in [-0.3, -0.25) is 14.5 Å². The first-order valence-corrected chi connectivity index (χ1v) is 11.7. The Kier molecular flexibility index (Phi) is 8.56. The number of carbonyl (C=O) groups excluding carboxylic acids is 2. The lowest BCUT2D eigenvalue weighted by Gasteiger charge is -2.16. The molecule has 1 aliphatic rings. The van der Waals surface area contributed by atoms with E-state index in [2.05, 4.69) is 18.7 Å². The van der Waals surface area contributed by atoms with Crippen molar-refractivity contribution >= 4 is 29.0 Å². The summed E-state index contributed by atoms with van der Waals surface area (Å²) in [6.45, 7) is 9.09. The molecular formula is C26H29NO4S. The van der Waals surface area contributed by atoms with Gasteiger partial charge in [0, 0.05) is 12.1 Å². The number of benzene rings is 2. The Hall–Kier alpha value is -2.99. The Balaban J connectivity index is 1.78. The fraction of sp³-hybridized carbons (Fsp3) is 0.308. The summed E-state index contributed by atoms with van der Waals surface area (Å²) in [5, 5.41) is -0.225. The second kappa shape index (κ2) is 11.6. The van der Waals surface area contributed by atoms with E-state index in [4.69, 9.17) is 9.47 Å². The first kappa shape index (κ1) is 23.7. The number of imide groups is 1. The van der Waals surface area contributed by atoms with Gasteiger partial charge in [0.25, 0.3) is 11.1 Å². The molecule has 2 aromatic carbocycles. The zero-order valence-electron chi connectivity index (χ0n) is 18.6. The van der Waals surface area contributed by atoms with Crippen LogP contribution in [0.4, 0.5) is 4.79 Å². The van der Waals surface area contributed by atoms with E-state index < -0.39 is 0 Å². The largest absolute Gasteiger partial charge is 0.490 e. The number of ether oxygens (including phenoxy) is 2. The van der Waals surface area contributed by atoms with Gasteiger partial charge in [-0.2, -0.15) is 0 Å². The van der Waals surface area contributed by atoms with Crippen molar-refractivity contribution in [3.05, 3.63) is 76.7 Å². The molecule has 168 valence electrons. The highest BCUT2D eigenvalue weighted by Gasteiger charge is 2.34. The van der Waals surface area contributed by atoms with Gasteiger partial charge in [0.2, 0.25) is 0 Å². The van der Waals surface area contributed by atoms with Crippen LogP contribution in [0.5, 0.6) is 11.5 Å². The molecule has 32 heavy (non-hydrogen) atoms. The minimum atomic E-state index is -0.245. The van der Waals surface area contributed by atoms with Crippen molar-refractivity contribution in [1.82, 2.24) is 4.90 Å². The predicted molar refractivity (Wildman–Crippen MR) is 130 cm³/mol. The molecule has 2 aromatic rings. The van der Waals surface area contributed by atoms with E-state index in [1.807, 2.05) is 44.2 Å². The topological polar surface area (TPSA) is 55.8 Å². The molecule has 1 saturated heterocycles. The van der Waals surface area contributed by atoms with Crippen LogP contribution in [0.2, 0.25) is 0 Å². The predicted octanol–water partition coefficient (Wildman–Crippen LogP) is 5.88. The molecule has 1 heterocycles. The zero-order chi connectivity index (χ0) is 22.9. The monoisotopic (exact) mass is 451 g/mol. The summed E-state index contributed by atoms with van der Waals surface area (Å²) in [4.78, 5) is 27.1. The Labute approximate surface area is 194 Å². The third-order valence-corrected chi connectivity index (χ3v) is 5.88. The molecule has 0 unspecified atom stereocenters. The van der Waals surface area contributed by atoms with Crippen LogP contribution in [0.3, 0.4) is 0 Å². The Morgan fingerprint density at radius 3 is 2.50 bits per heavy atom. The highest BCUT2D eigenvalue weighted by atomic mass is 32.2. The Morgan fingerprint density at radius 1 is 1.06 bits per heavy atom. The van der Waals surface area contributed by atoms with Crippen LogP contribution in [-0.2, 0) is 17.6 Å². The molecular weight excluding hydrogens is 422 g/mol. The van der Waals surface area contributed by atoms with Gasteiger partial charge >= 0.3 is 0 Å². The van der Waals surface area contributed by atoms with Gasteiger partial charge in [0.15, 0.2) is 11.5 Å².